The van der Waals surface area contributed by atoms with Crippen LogP contribution in [0.4, 0.5) is 0 Å². The van der Waals surface area contributed by atoms with Crippen molar-refractivity contribution in [3.05, 3.63) is 53.6 Å². The molecule has 0 saturated carbocycles. The molecule has 94 valence electrons. The number of aromatic nitrogens is 2. The van der Waals surface area contributed by atoms with Crippen LogP contribution in [-0.4, -0.2) is 16.5 Å². The van der Waals surface area contributed by atoms with E-state index >= 15 is 0 Å². The second-order valence-electron chi connectivity index (χ2n) is 4.97. The Bertz CT molecular complexity index is 710. The van der Waals surface area contributed by atoms with Crippen LogP contribution in [0.2, 0.25) is 0 Å². The van der Waals surface area contributed by atoms with E-state index in [9.17, 15) is 0 Å². The molecule has 2 N–H and O–H groups in total. The van der Waals surface area contributed by atoms with Gasteiger partial charge in [-0.1, -0.05) is 30.3 Å². The molecular weight excluding hydrogens is 234 g/mol. The molecule has 0 fully saturated rings. The summed E-state index contributed by atoms with van der Waals surface area (Å²) in [4.78, 5) is 8.15. The SMILES string of the molecule is c1cc2c(c(-c3nc4ccccc4[nH]3)c1)CCNC2. The second kappa shape index (κ2) is 4.21. The number of nitrogens with zero attached hydrogens (tertiary/aromatic N) is 1. The van der Waals surface area contributed by atoms with Crippen LogP contribution >= 0.6 is 0 Å². The van der Waals surface area contributed by atoms with Crippen LogP contribution in [0.15, 0.2) is 42.5 Å². The summed E-state index contributed by atoms with van der Waals surface area (Å²) in [5, 5.41) is 3.42. The molecule has 3 heteroatoms. The number of hydrogen-bond acceptors (Lipinski definition) is 2. The highest BCUT2D eigenvalue weighted by molar-refractivity contribution is 5.80. The number of fused-ring (bicyclic) bond motifs is 2. The van der Waals surface area contributed by atoms with Gasteiger partial charge in [0, 0.05) is 12.1 Å². The number of H-pyrrole nitrogens is 1. The molecule has 4 rings (SSSR count). The number of rotatable bonds is 1. The van der Waals surface area contributed by atoms with Crippen LogP contribution in [0.25, 0.3) is 22.4 Å². The molecule has 0 amide bonds. The summed E-state index contributed by atoms with van der Waals surface area (Å²) in [5.74, 6) is 0.986. The minimum atomic E-state index is 0.962. The van der Waals surface area contributed by atoms with Gasteiger partial charge in [-0.3, -0.25) is 0 Å². The predicted molar refractivity (Wildman–Crippen MR) is 76.9 cm³/mol. The smallest absolute Gasteiger partial charge is 0.138 e. The van der Waals surface area contributed by atoms with Crippen molar-refractivity contribution >= 4 is 11.0 Å². The molecule has 1 aliphatic heterocycles. The minimum absolute atomic E-state index is 0.962. The Balaban J connectivity index is 1.92. The van der Waals surface area contributed by atoms with Gasteiger partial charge in [0.15, 0.2) is 0 Å². The summed E-state index contributed by atoms with van der Waals surface area (Å²) in [6, 6.07) is 14.7. The van der Waals surface area contributed by atoms with E-state index in [1.807, 2.05) is 18.2 Å². The molecular formula is C16H15N3. The first-order valence-electron chi connectivity index (χ1n) is 6.68. The molecule has 3 aromatic rings. The second-order valence-corrected chi connectivity index (χ2v) is 4.97. The average molecular weight is 249 g/mol. The van der Waals surface area contributed by atoms with Gasteiger partial charge in [0.2, 0.25) is 0 Å². The molecule has 0 aliphatic carbocycles. The highest BCUT2D eigenvalue weighted by Gasteiger charge is 2.15. The zero-order valence-electron chi connectivity index (χ0n) is 10.6. The largest absolute Gasteiger partial charge is 0.338 e. The number of nitrogens with one attached hydrogen (secondary N) is 2. The van der Waals surface area contributed by atoms with Gasteiger partial charge in [-0.2, -0.15) is 0 Å². The van der Waals surface area contributed by atoms with Gasteiger partial charge >= 0.3 is 0 Å². The summed E-state index contributed by atoms with van der Waals surface area (Å²) < 4.78 is 0. The zero-order valence-corrected chi connectivity index (χ0v) is 10.6. The van der Waals surface area contributed by atoms with Crippen molar-refractivity contribution in [1.29, 1.82) is 0 Å². The van der Waals surface area contributed by atoms with E-state index in [1.54, 1.807) is 0 Å². The lowest BCUT2D eigenvalue weighted by Crippen LogP contribution is -2.24. The van der Waals surface area contributed by atoms with Gasteiger partial charge in [-0.25, -0.2) is 4.98 Å². The van der Waals surface area contributed by atoms with E-state index in [0.29, 0.717) is 0 Å². The van der Waals surface area contributed by atoms with E-state index < -0.39 is 0 Å². The van der Waals surface area contributed by atoms with E-state index in [-0.39, 0.29) is 0 Å². The van der Waals surface area contributed by atoms with Crippen molar-refractivity contribution in [3.8, 4) is 11.4 Å². The predicted octanol–water partition coefficient (Wildman–Crippen LogP) is 2.88. The maximum Gasteiger partial charge on any atom is 0.138 e. The Hall–Kier alpha value is -2.13. The molecule has 0 bridgehead atoms. The topological polar surface area (TPSA) is 40.7 Å². The molecule has 2 heterocycles. The maximum atomic E-state index is 4.72. The van der Waals surface area contributed by atoms with Crippen molar-refractivity contribution in [2.75, 3.05) is 6.54 Å². The normalized spacial score (nSPS) is 14.5. The van der Waals surface area contributed by atoms with E-state index in [0.717, 1.165) is 36.4 Å². The lowest BCUT2D eigenvalue weighted by atomic mass is 9.95. The molecule has 0 spiro atoms. The van der Waals surface area contributed by atoms with Crippen molar-refractivity contribution in [1.82, 2.24) is 15.3 Å². The zero-order chi connectivity index (χ0) is 12.7. The summed E-state index contributed by atoms with van der Waals surface area (Å²) in [7, 11) is 0. The van der Waals surface area contributed by atoms with Gasteiger partial charge in [-0.15, -0.1) is 0 Å². The Morgan fingerprint density at radius 3 is 2.89 bits per heavy atom. The standard InChI is InChI=1S/C16H15N3/c1-2-7-15-14(6-1)18-16(19-15)13-5-3-4-11-10-17-9-8-12(11)13/h1-7,17H,8-10H2,(H,18,19). The Morgan fingerprint density at radius 2 is 1.95 bits per heavy atom. The third-order valence-corrected chi connectivity index (χ3v) is 3.78. The highest BCUT2D eigenvalue weighted by atomic mass is 14.9. The summed E-state index contributed by atoms with van der Waals surface area (Å²) >= 11 is 0. The number of para-hydroxylation sites is 2. The number of hydrogen-bond donors (Lipinski definition) is 2. The maximum absolute atomic E-state index is 4.72. The fourth-order valence-electron chi connectivity index (χ4n) is 2.83. The van der Waals surface area contributed by atoms with E-state index in [4.69, 9.17) is 4.98 Å². The summed E-state index contributed by atoms with van der Waals surface area (Å²) in [6.45, 7) is 2.01. The third kappa shape index (κ3) is 1.74. The van der Waals surface area contributed by atoms with Gasteiger partial charge in [-0.05, 0) is 36.2 Å². The van der Waals surface area contributed by atoms with Crippen LogP contribution in [-0.2, 0) is 13.0 Å². The van der Waals surface area contributed by atoms with Crippen molar-refractivity contribution in [2.45, 2.75) is 13.0 Å². The summed E-state index contributed by atoms with van der Waals surface area (Å²) in [5.41, 5.74) is 6.20. The van der Waals surface area contributed by atoms with Gasteiger partial charge in [0.25, 0.3) is 0 Å². The van der Waals surface area contributed by atoms with Crippen LogP contribution in [0, 0.1) is 0 Å². The molecule has 1 aromatic heterocycles. The van der Waals surface area contributed by atoms with E-state index in [2.05, 4.69) is 34.6 Å². The molecule has 2 aromatic carbocycles. The quantitative estimate of drug-likeness (QED) is 0.696. The van der Waals surface area contributed by atoms with Gasteiger partial charge < -0.3 is 10.3 Å². The molecule has 0 unspecified atom stereocenters. The van der Waals surface area contributed by atoms with Crippen LogP contribution in [0.3, 0.4) is 0 Å². The first-order chi connectivity index (χ1) is 9.42. The van der Waals surface area contributed by atoms with Gasteiger partial charge in [0.05, 0.1) is 11.0 Å². The van der Waals surface area contributed by atoms with Crippen LogP contribution < -0.4 is 5.32 Å². The average Bonchev–Trinajstić information content (AvgIpc) is 2.90. The van der Waals surface area contributed by atoms with Crippen molar-refractivity contribution in [3.63, 3.8) is 0 Å². The first-order valence-corrected chi connectivity index (χ1v) is 6.68. The molecule has 0 atom stereocenters. The fraction of sp³-hybridized carbons (Fsp3) is 0.188. The molecule has 1 aliphatic rings. The monoisotopic (exact) mass is 249 g/mol. The minimum Gasteiger partial charge on any atom is -0.338 e. The molecule has 0 radical (unpaired) electrons. The number of aromatic amines is 1. The van der Waals surface area contributed by atoms with Crippen LogP contribution in [0.1, 0.15) is 11.1 Å². The molecule has 3 nitrogen and oxygen atoms in total. The third-order valence-electron chi connectivity index (χ3n) is 3.78. The summed E-state index contributed by atoms with van der Waals surface area (Å²) in [6.07, 6.45) is 1.07. The van der Waals surface area contributed by atoms with Crippen molar-refractivity contribution < 1.29 is 0 Å². The number of benzene rings is 2. The lowest BCUT2D eigenvalue weighted by Gasteiger charge is -2.19. The Labute approximate surface area is 111 Å². The first kappa shape index (κ1) is 10.8. The molecule has 19 heavy (non-hydrogen) atoms. The number of imidazole rings is 1. The van der Waals surface area contributed by atoms with Gasteiger partial charge in [0.1, 0.15) is 5.82 Å². The van der Waals surface area contributed by atoms with Crippen molar-refractivity contribution in [2.24, 2.45) is 0 Å². The van der Waals surface area contributed by atoms with Crippen LogP contribution in [0.5, 0.6) is 0 Å². The fourth-order valence-corrected chi connectivity index (χ4v) is 2.83. The highest BCUT2D eigenvalue weighted by Crippen LogP contribution is 2.28. The molecule has 0 saturated heterocycles. The lowest BCUT2D eigenvalue weighted by molar-refractivity contribution is 0.644. The van der Waals surface area contributed by atoms with E-state index in [1.165, 1.54) is 16.7 Å². The Morgan fingerprint density at radius 1 is 1.00 bits per heavy atom. The Kier molecular flexibility index (Phi) is 2.38.